The Hall–Kier alpha value is -1.63. The number of halogens is 4. The lowest BCUT2D eigenvalue weighted by Crippen LogP contribution is -2.39. The van der Waals surface area contributed by atoms with Crippen molar-refractivity contribution in [1.82, 2.24) is 4.90 Å². The average Bonchev–Trinajstić information content (AvgIpc) is 2.34. The summed E-state index contributed by atoms with van der Waals surface area (Å²) in [5.41, 5.74) is -1.74. The molecule has 7 heteroatoms. The van der Waals surface area contributed by atoms with Crippen LogP contribution in [0.15, 0.2) is 18.2 Å². The molecule has 1 amide bonds. The van der Waals surface area contributed by atoms with E-state index in [9.17, 15) is 22.4 Å². The Kier molecular flexibility index (Phi) is 5.10. The van der Waals surface area contributed by atoms with Crippen molar-refractivity contribution in [2.24, 2.45) is 0 Å². The SMILES string of the molecule is CC(C)N(CCO)C(=O)c1cc(C(F)(F)F)ccc1F. The Balaban J connectivity index is 3.20. The monoisotopic (exact) mass is 293 g/mol. The maximum absolute atomic E-state index is 13.6. The molecule has 3 nitrogen and oxygen atoms in total. The Morgan fingerprint density at radius 2 is 1.95 bits per heavy atom. The van der Waals surface area contributed by atoms with Gasteiger partial charge in [-0.3, -0.25) is 4.79 Å². The van der Waals surface area contributed by atoms with Crippen molar-refractivity contribution in [3.63, 3.8) is 0 Å². The molecule has 1 aromatic carbocycles. The quantitative estimate of drug-likeness (QED) is 0.867. The van der Waals surface area contributed by atoms with Crippen molar-refractivity contribution < 1.29 is 27.5 Å². The van der Waals surface area contributed by atoms with Gasteiger partial charge in [0.2, 0.25) is 0 Å². The van der Waals surface area contributed by atoms with E-state index < -0.39 is 29.0 Å². The van der Waals surface area contributed by atoms with Gasteiger partial charge in [-0.2, -0.15) is 13.2 Å². The van der Waals surface area contributed by atoms with Crippen LogP contribution in [0.3, 0.4) is 0 Å². The van der Waals surface area contributed by atoms with E-state index in [4.69, 9.17) is 5.11 Å². The molecule has 1 N–H and O–H groups in total. The summed E-state index contributed by atoms with van der Waals surface area (Å²) in [5.74, 6) is -1.90. The molecule has 1 rings (SSSR count). The zero-order valence-corrected chi connectivity index (χ0v) is 11.0. The lowest BCUT2D eigenvalue weighted by molar-refractivity contribution is -0.137. The maximum atomic E-state index is 13.6. The van der Waals surface area contributed by atoms with E-state index in [1.54, 1.807) is 13.8 Å². The highest BCUT2D eigenvalue weighted by molar-refractivity contribution is 5.95. The van der Waals surface area contributed by atoms with Crippen LogP contribution in [0.5, 0.6) is 0 Å². The summed E-state index contributed by atoms with van der Waals surface area (Å²) in [7, 11) is 0. The first-order valence-corrected chi connectivity index (χ1v) is 5.97. The second kappa shape index (κ2) is 6.21. The smallest absolute Gasteiger partial charge is 0.395 e. The summed E-state index contributed by atoms with van der Waals surface area (Å²) in [6, 6.07) is 1.32. The minimum absolute atomic E-state index is 0.0772. The van der Waals surface area contributed by atoms with Gasteiger partial charge in [-0.05, 0) is 32.0 Å². The summed E-state index contributed by atoms with van der Waals surface area (Å²) in [6.07, 6.45) is -4.65. The van der Waals surface area contributed by atoms with Gasteiger partial charge < -0.3 is 10.0 Å². The predicted molar refractivity (Wildman–Crippen MR) is 64.7 cm³/mol. The van der Waals surface area contributed by atoms with Crippen LogP contribution in [0.4, 0.5) is 17.6 Å². The van der Waals surface area contributed by atoms with Gasteiger partial charge in [0.1, 0.15) is 5.82 Å². The zero-order chi connectivity index (χ0) is 15.5. The van der Waals surface area contributed by atoms with Gasteiger partial charge >= 0.3 is 6.18 Å². The highest BCUT2D eigenvalue weighted by atomic mass is 19.4. The summed E-state index contributed by atoms with van der Waals surface area (Å²) in [5, 5.41) is 8.87. The van der Waals surface area contributed by atoms with E-state index in [0.29, 0.717) is 18.2 Å². The lowest BCUT2D eigenvalue weighted by Gasteiger charge is -2.26. The number of carbonyl (C=O) groups excluding carboxylic acids is 1. The zero-order valence-electron chi connectivity index (χ0n) is 11.0. The molecule has 0 fully saturated rings. The Bertz CT molecular complexity index is 486. The van der Waals surface area contributed by atoms with Crippen molar-refractivity contribution in [3.05, 3.63) is 35.1 Å². The summed E-state index contributed by atoms with van der Waals surface area (Å²) < 4.78 is 51.3. The van der Waals surface area contributed by atoms with Gasteiger partial charge in [0.05, 0.1) is 17.7 Å². The highest BCUT2D eigenvalue weighted by Gasteiger charge is 2.32. The third-order valence-corrected chi connectivity index (χ3v) is 2.75. The number of nitrogens with zero attached hydrogens (tertiary/aromatic N) is 1. The van der Waals surface area contributed by atoms with Crippen molar-refractivity contribution in [1.29, 1.82) is 0 Å². The van der Waals surface area contributed by atoms with Crippen LogP contribution < -0.4 is 0 Å². The molecule has 0 bridgehead atoms. The number of rotatable bonds is 4. The molecule has 0 aromatic heterocycles. The molecular formula is C13H15F4NO2. The number of aliphatic hydroxyl groups is 1. The molecule has 0 aliphatic carbocycles. The van der Waals surface area contributed by atoms with Crippen LogP contribution in [0.25, 0.3) is 0 Å². The van der Waals surface area contributed by atoms with Gasteiger partial charge in [-0.1, -0.05) is 0 Å². The molecule has 0 saturated heterocycles. The lowest BCUT2D eigenvalue weighted by atomic mass is 10.1. The van der Waals surface area contributed by atoms with Crippen molar-refractivity contribution in [3.8, 4) is 0 Å². The van der Waals surface area contributed by atoms with E-state index in [1.165, 1.54) is 0 Å². The molecular weight excluding hydrogens is 278 g/mol. The minimum Gasteiger partial charge on any atom is -0.395 e. The van der Waals surface area contributed by atoms with E-state index in [1.807, 2.05) is 0 Å². The van der Waals surface area contributed by atoms with Crippen LogP contribution in [0.2, 0.25) is 0 Å². The topological polar surface area (TPSA) is 40.5 Å². The molecule has 0 atom stereocenters. The first-order chi connectivity index (χ1) is 9.18. The normalized spacial score (nSPS) is 11.8. The maximum Gasteiger partial charge on any atom is 0.416 e. The fraction of sp³-hybridized carbons (Fsp3) is 0.462. The highest BCUT2D eigenvalue weighted by Crippen LogP contribution is 2.30. The predicted octanol–water partition coefficient (Wildman–Crippen LogP) is 2.69. The molecule has 0 radical (unpaired) electrons. The molecule has 112 valence electrons. The standard InChI is InChI=1S/C13H15F4NO2/c1-8(2)18(5-6-19)12(20)10-7-9(13(15,16)17)3-4-11(10)14/h3-4,7-8,19H,5-6H2,1-2H3. The number of hydrogen-bond acceptors (Lipinski definition) is 2. The molecule has 0 aliphatic rings. The molecule has 0 aliphatic heterocycles. The Morgan fingerprint density at radius 1 is 1.35 bits per heavy atom. The van der Waals surface area contributed by atoms with Crippen LogP contribution >= 0.6 is 0 Å². The average molecular weight is 293 g/mol. The first-order valence-electron chi connectivity index (χ1n) is 5.97. The van der Waals surface area contributed by atoms with E-state index >= 15 is 0 Å². The van der Waals surface area contributed by atoms with Crippen LogP contribution in [-0.4, -0.2) is 35.1 Å². The number of aliphatic hydroxyl groups excluding tert-OH is 1. The third kappa shape index (κ3) is 3.69. The van der Waals surface area contributed by atoms with Crippen LogP contribution in [0, 0.1) is 5.82 Å². The fourth-order valence-electron chi connectivity index (χ4n) is 1.72. The van der Waals surface area contributed by atoms with Gasteiger partial charge in [0, 0.05) is 12.6 Å². The summed E-state index contributed by atoms with van der Waals surface area (Å²) in [6.45, 7) is 2.81. The van der Waals surface area contributed by atoms with E-state index in [2.05, 4.69) is 0 Å². The van der Waals surface area contributed by atoms with Gasteiger partial charge in [0.25, 0.3) is 5.91 Å². The number of alkyl halides is 3. The van der Waals surface area contributed by atoms with E-state index in [0.717, 1.165) is 4.90 Å². The minimum atomic E-state index is -4.65. The molecule has 20 heavy (non-hydrogen) atoms. The summed E-state index contributed by atoms with van der Waals surface area (Å²) in [4.78, 5) is 13.2. The van der Waals surface area contributed by atoms with Crippen molar-refractivity contribution >= 4 is 5.91 Å². The molecule has 0 saturated carbocycles. The largest absolute Gasteiger partial charge is 0.416 e. The van der Waals surface area contributed by atoms with Gasteiger partial charge in [-0.25, -0.2) is 4.39 Å². The number of carbonyl (C=O) groups is 1. The molecule has 0 spiro atoms. The Morgan fingerprint density at radius 3 is 2.40 bits per heavy atom. The van der Waals surface area contributed by atoms with Gasteiger partial charge in [0.15, 0.2) is 0 Å². The second-order valence-electron chi connectivity index (χ2n) is 4.51. The number of hydrogen-bond donors (Lipinski definition) is 1. The van der Waals surface area contributed by atoms with Crippen molar-refractivity contribution in [2.45, 2.75) is 26.1 Å². The second-order valence-corrected chi connectivity index (χ2v) is 4.51. The third-order valence-electron chi connectivity index (χ3n) is 2.75. The Labute approximate surface area is 113 Å². The fourth-order valence-corrected chi connectivity index (χ4v) is 1.72. The van der Waals surface area contributed by atoms with E-state index in [-0.39, 0.29) is 19.2 Å². The molecule has 0 heterocycles. The molecule has 1 aromatic rings. The first kappa shape index (κ1) is 16.4. The van der Waals surface area contributed by atoms with Gasteiger partial charge in [-0.15, -0.1) is 0 Å². The van der Waals surface area contributed by atoms with Crippen LogP contribution in [0.1, 0.15) is 29.8 Å². The number of benzene rings is 1. The van der Waals surface area contributed by atoms with Crippen molar-refractivity contribution in [2.75, 3.05) is 13.2 Å². The number of amides is 1. The molecule has 0 unspecified atom stereocenters. The summed E-state index contributed by atoms with van der Waals surface area (Å²) >= 11 is 0. The van der Waals surface area contributed by atoms with Crippen LogP contribution in [-0.2, 0) is 6.18 Å².